The second-order valence-corrected chi connectivity index (χ2v) is 7.35. The molecule has 1 aromatic carbocycles. The summed E-state index contributed by atoms with van der Waals surface area (Å²) in [6.07, 6.45) is -1.08. The number of carbonyl (C=O) groups is 2. The van der Waals surface area contributed by atoms with Crippen LogP contribution < -0.4 is 21.0 Å². The van der Waals surface area contributed by atoms with Crippen molar-refractivity contribution < 1.29 is 21.8 Å². The lowest BCUT2D eigenvalue weighted by Gasteiger charge is -2.14. The molecule has 13 heteroatoms. The van der Waals surface area contributed by atoms with Crippen molar-refractivity contribution in [1.29, 1.82) is 5.26 Å². The van der Waals surface area contributed by atoms with E-state index in [9.17, 15) is 14.4 Å². The Hall–Kier alpha value is -3.62. The molecule has 33 heavy (non-hydrogen) atoms. The number of halogens is 2. The molecule has 0 saturated heterocycles. The van der Waals surface area contributed by atoms with Gasteiger partial charge in [-0.15, -0.1) is 5.10 Å². The normalized spacial score (nSPS) is 11.9. The summed E-state index contributed by atoms with van der Waals surface area (Å²) >= 11 is 12.5. The first-order valence-corrected chi connectivity index (χ1v) is 10.2. The molecule has 0 saturated carbocycles. The molecule has 0 bridgehead atoms. The Morgan fingerprint density at radius 3 is 2.55 bits per heavy atom. The van der Waals surface area contributed by atoms with Crippen LogP contribution in [0.4, 0.5) is 10.5 Å². The van der Waals surface area contributed by atoms with E-state index < -0.39 is 29.8 Å². The second kappa shape index (κ2) is 11.3. The van der Waals surface area contributed by atoms with Gasteiger partial charge in [0.2, 0.25) is 11.6 Å². The summed E-state index contributed by atoms with van der Waals surface area (Å²) in [4.78, 5) is 35.4. The zero-order valence-electron chi connectivity index (χ0n) is 19.9. The summed E-state index contributed by atoms with van der Waals surface area (Å²) in [6, 6.07) is 0.491. The van der Waals surface area contributed by atoms with Crippen LogP contribution in [0.1, 0.15) is 40.6 Å². The highest BCUT2D eigenvalue weighted by molar-refractivity contribution is 6.47. The molecule has 0 aliphatic rings. The maximum absolute atomic E-state index is 12.1. The fraction of sp³-hybridized carbons (Fsp3) is 0.300. The van der Waals surface area contributed by atoms with Crippen LogP contribution in [-0.2, 0) is 9.53 Å². The third-order valence-corrected chi connectivity index (χ3v) is 4.50. The highest BCUT2D eigenvalue weighted by Gasteiger charge is 2.19. The van der Waals surface area contributed by atoms with Gasteiger partial charge < -0.3 is 9.47 Å². The molecule has 1 aromatic heterocycles. The SMILES string of the molecule is [2H]c1c(Cl)c(Oc2n[nH]c(=O)c(C(C)C)c2C)c(Cl)c([2H])c1N/N=C(\C#N)C(=O)NC(=O)OCC. The smallest absolute Gasteiger partial charge is 0.414 e. The van der Waals surface area contributed by atoms with Crippen LogP contribution in [-0.4, -0.2) is 34.5 Å². The summed E-state index contributed by atoms with van der Waals surface area (Å²) in [7, 11) is 0. The molecule has 11 nitrogen and oxygen atoms in total. The Labute approximate surface area is 201 Å². The number of nitrogens with zero attached hydrogens (tertiary/aromatic N) is 3. The lowest BCUT2D eigenvalue weighted by atomic mass is 10.0. The molecule has 0 fully saturated rings. The molecule has 3 N–H and O–H groups in total. The van der Waals surface area contributed by atoms with Gasteiger partial charge in [-0.1, -0.05) is 37.0 Å². The van der Waals surface area contributed by atoms with E-state index in [-0.39, 0.29) is 45.4 Å². The van der Waals surface area contributed by atoms with E-state index in [1.165, 1.54) is 13.0 Å². The number of nitrogens with one attached hydrogen (secondary N) is 3. The van der Waals surface area contributed by atoms with Crippen LogP contribution in [0.3, 0.4) is 0 Å². The molecule has 1 heterocycles. The first kappa shape index (κ1) is 22.6. The maximum Gasteiger partial charge on any atom is 0.414 e. The predicted octanol–water partition coefficient (Wildman–Crippen LogP) is 3.87. The molecule has 0 unspecified atom stereocenters. The predicted molar refractivity (Wildman–Crippen MR) is 122 cm³/mol. The van der Waals surface area contributed by atoms with E-state index in [0.717, 1.165) is 0 Å². The van der Waals surface area contributed by atoms with E-state index in [4.69, 9.17) is 35.9 Å². The minimum atomic E-state index is -1.17. The van der Waals surface area contributed by atoms with E-state index in [2.05, 4.69) is 25.5 Å². The van der Waals surface area contributed by atoms with Crippen molar-refractivity contribution in [2.75, 3.05) is 12.0 Å². The average Bonchev–Trinajstić information content (AvgIpc) is 2.79. The van der Waals surface area contributed by atoms with Crippen LogP contribution in [0, 0.1) is 18.3 Å². The van der Waals surface area contributed by atoms with Crippen molar-refractivity contribution in [2.24, 2.45) is 5.10 Å². The third-order valence-electron chi connectivity index (χ3n) is 3.96. The number of benzene rings is 1. The number of carbonyl (C=O) groups excluding carboxylic acids is 2. The van der Waals surface area contributed by atoms with Crippen molar-refractivity contribution in [3.05, 3.63) is 43.6 Å². The number of hydrogen-bond donors (Lipinski definition) is 3. The minimum absolute atomic E-state index is 0.000885. The van der Waals surface area contributed by atoms with Crippen molar-refractivity contribution in [3.8, 4) is 17.7 Å². The Morgan fingerprint density at radius 1 is 1.36 bits per heavy atom. The fourth-order valence-corrected chi connectivity index (χ4v) is 3.09. The van der Waals surface area contributed by atoms with Crippen molar-refractivity contribution in [1.82, 2.24) is 15.5 Å². The van der Waals surface area contributed by atoms with Crippen molar-refractivity contribution in [3.63, 3.8) is 0 Å². The molecule has 0 radical (unpaired) electrons. The average molecular weight is 497 g/mol. The summed E-state index contributed by atoms with van der Waals surface area (Å²) in [5.74, 6) is -1.62. The Morgan fingerprint density at radius 2 is 2.00 bits per heavy atom. The van der Waals surface area contributed by atoms with Crippen LogP contribution in [0.25, 0.3) is 0 Å². The molecule has 2 rings (SSSR count). The molecule has 0 atom stereocenters. The third kappa shape index (κ3) is 6.44. The quantitative estimate of drug-likeness (QED) is 0.384. The van der Waals surface area contributed by atoms with Crippen molar-refractivity contribution in [2.45, 2.75) is 33.6 Å². The van der Waals surface area contributed by atoms with Gasteiger partial charge in [0.05, 0.1) is 25.1 Å². The number of aromatic amines is 1. The molecule has 0 spiro atoms. The van der Waals surface area contributed by atoms with Crippen molar-refractivity contribution >= 4 is 46.6 Å². The zero-order chi connectivity index (χ0) is 26.4. The Bertz CT molecular complexity index is 1280. The van der Waals surface area contributed by atoms with Gasteiger partial charge in [-0.3, -0.25) is 20.3 Å². The lowest BCUT2D eigenvalue weighted by Crippen LogP contribution is -2.36. The summed E-state index contributed by atoms with van der Waals surface area (Å²) in [5, 5.41) is 20.0. The number of nitriles is 1. The number of hydrazone groups is 1. The first-order valence-electron chi connectivity index (χ1n) is 10.4. The number of alkyl carbamates (subject to hydrolysis) is 1. The molecule has 174 valence electrons. The molecule has 2 amide bonds. The number of hydrogen-bond acceptors (Lipinski definition) is 9. The number of anilines is 1. The summed E-state index contributed by atoms with van der Waals surface area (Å²) in [6.45, 7) is 6.77. The van der Waals surface area contributed by atoms with Gasteiger partial charge in [-0.25, -0.2) is 9.89 Å². The number of aromatic nitrogens is 2. The Balaban J connectivity index is 2.43. The van der Waals surface area contributed by atoms with Crippen LogP contribution in [0.2, 0.25) is 10.0 Å². The van der Waals surface area contributed by atoms with E-state index >= 15 is 0 Å². The molecular weight excluding hydrogens is 475 g/mol. The van der Waals surface area contributed by atoms with Gasteiger partial charge in [-0.2, -0.15) is 10.4 Å². The van der Waals surface area contributed by atoms with E-state index in [0.29, 0.717) is 11.1 Å². The molecular formula is C20H20Cl2N6O5. The maximum atomic E-state index is 12.1. The number of ether oxygens (including phenoxy) is 2. The Kier molecular flexibility index (Phi) is 7.73. The standard InChI is InChI=1S/C20H20Cl2N6O5/c1-5-32-20(31)24-17(29)14(8-23)26-25-11-6-12(21)16(13(22)7-11)33-19-10(4)15(9(2)3)18(30)27-28-19/h6-7,9,25H,5H2,1-4H3,(H,27,30)(H,24,29,31)/b26-14+/i6D,7D. The number of rotatable bonds is 7. The monoisotopic (exact) mass is 496 g/mol. The van der Waals surface area contributed by atoms with Crippen LogP contribution >= 0.6 is 23.2 Å². The van der Waals surface area contributed by atoms with Gasteiger partial charge in [-0.05, 0) is 31.9 Å². The van der Waals surface area contributed by atoms with Gasteiger partial charge in [0.1, 0.15) is 6.07 Å². The van der Waals surface area contributed by atoms with E-state index in [1.807, 2.05) is 13.8 Å². The second-order valence-electron chi connectivity index (χ2n) is 6.59. The van der Waals surface area contributed by atoms with Gasteiger partial charge in [0.15, 0.2) is 5.75 Å². The zero-order valence-corrected chi connectivity index (χ0v) is 19.4. The van der Waals surface area contributed by atoms with Gasteiger partial charge >= 0.3 is 6.09 Å². The topological polar surface area (TPSA) is 159 Å². The molecule has 2 aromatic rings. The van der Waals surface area contributed by atoms with Gasteiger partial charge in [0.25, 0.3) is 11.5 Å². The summed E-state index contributed by atoms with van der Waals surface area (Å²) in [5.41, 5.74) is 1.55. The number of H-pyrrole nitrogens is 1. The minimum Gasteiger partial charge on any atom is -0.450 e. The van der Waals surface area contributed by atoms with Crippen LogP contribution in [0.5, 0.6) is 11.6 Å². The number of amides is 2. The largest absolute Gasteiger partial charge is 0.450 e. The first-order chi connectivity index (χ1) is 16.4. The molecule has 0 aliphatic carbocycles. The van der Waals surface area contributed by atoms with E-state index in [1.54, 1.807) is 12.2 Å². The molecule has 0 aliphatic heterocycles. The highest BCUT2D eigenvalue weighted by atomic mass is 35.5. The fourth-order valence-electron chi connectivity index (χ4n) is 2.59. The lowest BCUT2D eigenvalue weighted by molar-refractivity contribution is -0.114. The summed E-state index contributed by atoms with van der Waals surface area (Å²) < 4.78 is 26.7. The highest BCUT2D eigenvalue weighted by Crippen LogP contribution is 2.39. The van der Waals surface area contributed by atoms with Gasteiger partial charge in [0, 0.05) is 11.1 Å². The van der Waals surface area contributed by atoms with Crippen LogP contribution in [0.15, 0.2) is 22.0 Å². The number of imide groups is 1.